The lowest BCUT2D eigenvalue weighted by Crippen LogP contribution is -2.33. The Morgan fingerprint density at radius 1 is 1.14 bits per heavy atom. The van der Waals surface area contributed by atoms with E-state index in [0.29, 0.717) is 11.4 Å². The summed E-state index contributed by atoms with van der Waals surface area (Å²) < 4.78 is 1.12. The molecule has 110 valence electrons. The van der Waals surface area contributed by atoms with Crippen molar-refractivity contribution in [2.75, 3.05) is 4.42 Å². The quantitative estimate of drug-likeness (QED) is 0.867. The molecule has 0 bridgehead atoms. The van der Waals surface area contributed by atoms with Crippen LogP contribution in [0.2, 0.25) is 0 Å². The Morgan fingerprint density at radius 3 is 2.24 bits per heavy atom. The zero-order valence-electron chi connectivity index (χ0n) is 12.1. The smallest absolute Gasteiger partial charge is 0.264 e. The third-order valence-electron chi connectivity index (χ3n) is 2.89. The van der Waals surface area contributed by atoms with Crippen LogP contribution in [0.3, 0.4) is 0 Å². The van der Waals surface area contributed by atoms with Crippen molar-refractivity contribution in [1.82, 2.24) is 10.2 Å². The average molecular weight is 306 g/mol. The van der Waals surface area contributed by atoms with E-state index < -0.39 is 5.41 Å². The number of nitrogens with one attached hydrogen (secondary N) is 1. The third-order valence-corrected chi connectivity index (χ3v) is 3.24. The van der Waals surface area contributed by atoms with Gasteiger partial charge in [-0.25, -0.2) is 9.52 Å². The fourth-order valence-electron chi connectivity index (χ4n) is 1.68. The highest BCUT2D eigenvalue weighted by molar-refractivity contribution is 6.37. The topological polar surface area (TPSA) is 66.1 Å². The van der Waals surface area contributed by atoms with E-state index in [2.05, 4.69) is 10.2 Å². The van der Waals surface area contributed by atoms with Gasteiger partial charge in [0.05, 0.1) is 11.4 Å². The van der Waals surface area contributed by atoms with Crippen LogP contribution in [0.15, 0.2) is 41.2 Å². The number of H-pyrrole nitrogens is 1. The molecule has 0 unspecified atom stereocenters. The van der Waals surface area contributed by atoms with Gasteiger partial charge in [0.15, 0.2) is 0 Å². The van der Waals surface area contributed by atoms with Crippen molar-refractivity contribution in [2.45, 2.75) is 20.8 Å². The van der Waals surface area contributed by atoms with E-state index in [1.807, 2.05) is 20.8 Å². The first kappa shape index (κ1) is 15.3. The van der Waals surface area contributed by atoms with Crippen LogP contribution in [-0.4, -0.2) is 16.1 Å². The second-order valence-electron chi connectivity index (χ2n) is 5.69. The van der Waals surface area contributed by atoms with Crippen molar-refractivity contribution in [1.29, 1.82) is 0 Å². The van der Waals surface area contributed by atoms with Crippen molar-refractivity contribution in [2.24, 2.45) is 5.41 Å². The molecule has 0 spiro atoms. The molecule has 2 rings (SSSR count). The minimum absolute atomic E-state index is 0.181. The summed E-state index contributed by atoms with van der Waals surface area (Å²) in [7, 11) is 0. The fraction of sp³-hybridized carbons (Fsp3) is 0.267. The van der Waals surface area contributed by atoms with Crippen molar-refractivity contribution >= 4 is 23.4 Å². The second-order valence-corrected chi connectivity index (χ2v) is 6.03. The van der Waals surface area contributed by atoms with Crippen molar-refractivity contribution in [3.63, 3.8) is 0 Å². The SMILES string of the molecule is CC(C)(C)C(=O)N(Cl)c1ccc(-c2ccc(=O)[nH]n2)cc1. The average Bonchev–Trinajstić information content (AvgIpc) is 2.46. The molecule has 6 heteroatoms. The van der Waals surface area contributed by atoms with Gasteiger partial charge in [-0.15, -0.1) is 0 Å². The van der Waals surface area contributed by atoms with E-state index in [-0.39, 0.29) is 11.5 Å². The maximum atomic E-state index is 12.1. The van der Waals surface area contributed by atoms with Crippen molar-refractivity contribution in [3.05, 3.63) is 46.8 Å². The summed E-state index contributed by atoms with van der Waals surface area (Å²) >= 11 is 6.08. The van der Waals surface area contributed by atoms with Gasteiger partial charge in [-0.05, 0) is 18.2 Å². The normalized spacial score (nSPS) is 11.2. The molecule has 1 aromatic heterocycles. The number of nitrogens with zero attached hydrogens (tertiary/aromatic N) is 2. The molecule has 0 aliphatic rings. The van der Waals surface area contributed by atoms with Gasteiger partial charge in [0, 0.05) is 28.8 Å². The zero-order valence-corrected chi connectivity index (χ0v) is 12.8. The lowest BCUT2D eigenvalue weighted by atomic mass is 9.95. The van der Waals surface area contributed by atoms with Crippen LogP contribution in [0, 0.1) is 5.41 Å². The van der Waals surface area contributed by atoms with Crippen LogP contribution >= 0.6 is 11.8 Å². The summed E-state index contributed by atoms with van der Waals surface area (Å²) in [5.74, 6) is -0.181. The number of halogens is 1. The lowest BCUT2D eigenvalue weighted by molar-refractivity contribution is -0.124. The molecule has 0 aliphatic carbocycles. The van der Waals surface area contributed by atoms with Crippen molar-refractivity contribution < 1.29 is 4.79 Å². The van der Waals surface area contributed by atoms with Crippen LogP contribution in [0.5, 0.6) is 0 Å². The first-order chi connectivity index (χ1) is 9.79. The maximum absolute atomic E-state index is 12.1. The summed E-state index contributed by atoms with van der Waals surface area (Å²) in [4.78, 5) is 23.1. The molecule has 5 nitrogen and oxygen atoms in total. The molecule has 21 heavy (non-hydrogen) atoms. The molecule has 1 heterocycles. The van der Waals surface area contributed by atoms with Crippen LogP contribution < -0.4 is 9.98 Å². The Hall–Kier alpha value is -2.14. The van der Waals surface area contributed by atoms with E-state index in [9.17, 15) is 9.59 Å². The minimum Gasteiger partial charge on any atom is -0.273 e. The minimum atomic E-state index is -0.555. The first-order valence-corrected chi connectivity index (χ1v) is 6.79. The number of carbonyl (C=O) groups is 1. The number of carbonyl (C=O) groups excluding carboxylic acids is 1. The van der Waals surface area contributed by atoms with Gasteiger partial charge in [0.2, 0.25) is 5.91 Å². The largest absolute Gasteiger partial charge is 0.273 e. The monoisotopic (exact) mass is 305 g/mol. The van der Waals surface area contributed by atoms with Gasteiger partial charge in [0.1, 0.15) is 0 Å². The Bertz CT molecular complexity index is 682. The third kappa shape index (κ3) is 3.49. The zero-order chi connectivity index (χ0) is 15.6. The molecule has 0 atom stereocenters. The van der Waals surface area contributed by atoms with Gasteiger partial charge in [0.25, 0.3) is 5.56 Å². The van der Waals surface area contributed by atoms with Gasteiger partial charge in [-0.2, -0.15) is 5.10 Å². The Morgan fingerprint density at radius 2 is 1.76 bits per heavy atom. The number of hydrogen-bond donors (Lipinski definition) is 1. The van der Waals surface area contributed by atoms with E-state index in [1.165, 1.54) is 6.07 Å². The Labute approximate surface area is 127 Å². The summed E-state index contributed by atoms with van der Waals surface area (Å²) in [6.07, 6.45) is 0. The highest BCUT2D eigenvalue weighted by atomic mass is 35.5. The number of rotatable bonds is 2. The predicted molar refractivity (Wildman–Crippen MR) is 83.1 cm³/mol. The number of aromatic nitrogens is 2. The molecule has 0 radical (unpaired) electrons. The molecule has 0 saturated heterocycles. The predicted octanol–water partition coefficient (Wildman–Crippen LogP) is 2.97. The van der Waals surface area contributed by atoms with Crippen molar-refractivity contribution in [3.8, 4) is 11.3 Å². The Kier molecular flexibility index (Phi) is 4.14. The first-order valence-electron chi connectivity index (χ1n) is 6.45. The number of hydrogen-bond acceptors (Lipinski definition) is 3. The number of amides is 1. The molecule has 1 aromatic carbocycles. The van der Waals surface area contributed by atoms with Gasteiger partial charge < -0.3 is 0 Å². The van der Waals surface area contributed by atoms with Crippen LogP contribution in [0.4, 0.5) is 5.69 Å². The maximum Gasteiger partial charge on any atom is 0.264 e. The summed E-state index contributed by atoms with van der Waals surface area (Å²) in [6.45, 7) is 5.43. The van der Waals surface area contributed by atoms with E-state index in [0.717, 1.165) is 9.98 Å². The van der Waals surface area contributed by atoms with Crippen LogP contribution in [0.25, 0.3) is 11.3 Å². The number of anilines is 1. The summed E-state index contributed by atoms with van der Waals surface area (Å²) in [5.41, 5.74) is 1.25. The Balaban J connectivity index is 2.25. The highest BCUT2D eigenvalue weighted by Crippen LogP contribution is 2.27. The van der Waals surface area contributed by atoms with E-state index in [1.54, 1.807) is 30.3 Å². The standard InChI is InChI=1S/C15H16ClN3O2/c1-15(2,3)14(21)19(16)11-6-4-10(5-7-11)12-8-9-13(20)18-17-12/h4-9H,1-3H3,(H,18,20). The van der Waals surface area contributed by atoms with E-state index in [4.69, 9.17) is 11.8 Å². The second kappa shape index (κ2) is 5.69. The molecule has 2 aromatic rings. The molecule has 0 saturated carbocycles. The van der Waals surface area contributed by atoms with E-state index >= 15 is 0 Å². The fourth-order valence-corrected chi connectivity index (χ4v) is 2.05. The number of aromatic amines is 1. The van der Waals surface area contributed by atoms with Gasteiger partial charge >= 0.3 is 0 Å². The van der Waals surface area contributed by atoms with Crippen LogP contribution in [0.1, 0.15) is 20.8 Å². The highest BCUT2D eigenvalue weighted by Gasteiger charge is 2.27. The van der Waals surface area contributed by atoms with Crippen LogP contribution in [-0.2, 0) is 4.79 Å². The number of benzene rings is 1. The van der Waals surface area contributed by atoms with Gasteiger partial charge in [-0.3, -0.25) is 9.59 Å². The lowest BCUT2D eigenvalue weighted by Gasteiger charge is -2.23. The molecule has 1 N–H and O–H groups in total. The molecule has 1 amide bonds. The van der Waals surface area contributed by atoms with Gasteiger partial charge in [-0.1, -0.05) is 32.9 Å². The molecule has 0 aliphatic heterocycles. The molecule has 0 fully saturated rings. The molecular formula is C15H16ClN3O2. The molecular weight excluding hydrogens is 290 g/mol. The summed E-state index contributed by atoms with van der Waals surface area (Å²) in [6, 6.07) is 10.1. The summed E-state index contributed by atoms with van der Waals surface area (Å²) in [5, 5.41) is 6.32.